The highest BCUT2D eigenvalue weighted by molar-refractivity contribution is 5.17. The van der Waals surface area contributed by atoms with E-state index in [2.05, 4.69) is 18.7 Å². The monoisotopic (exact) mass is 417 g/mol. The highest BCUT2D eigenvalue weighted by atomic mass is 16.3. The smallest absolute Gasteiger partial charge is 0.0711 e. The number of aliphatic hydroxyl groups is 3. The lowest BCUT2D eigenvalue weighted by Crippen LogP contribution is -2.61. The Labute approximate surface area is 182 Å². The number of rotatable bonds is 0. The van der Waals surface area contributed by atoms with Gasteiger partial charge in [-0.05, 0) is 111 Å². The lowest BCUT2D eigenvalue weighted by Gasteiger charge is -2.58. The second-order valence-corrected chi connectivity index (χ2v) is 12.7. The predicted molar refractivity (Wildman–Crippen MR) is 117 cm³/mol. The number of aliphatic hydroxyl groups excluding tert-OH is 2. The molecule has 4 saturated carbocycles. The zero-order chi connectivity index (χ0) is 20.8. The molecular weight excluding hydrogens is 374 g/mol. The molecule has 2 unspecified atom stereocenters. The first-order valence-electron chi connectivity index (χ1n) is 13.2. The molecule has 6 rings (SSSR count). The van der Waals surface area contributed by atoms with E-state index in [-0.39, 0.29) is 29.5 Å². The van der Waals surface area contributed by atoms with Gasteiger partial charge in [0.15, 0.2) is 0 Å². The average molecular weight is 418 g/mol. The highest BCUT2D eigenvalue weighted by Crippen LogP contribution is 2.68. The van der Waals surface area contributed by atoms with Crippen molar-refractivity contribution >= 4 is 0 Å². The van der Waals surface area contributed by atoms with Crippen molar-refractivity contribution in [2.45, 2.75) is 102 Å². The van der Waals surface area contributed by atoms with Crippen molar-refractivity contribution in [3.05, 3.63) is 0 Å². The van der Waals surface area contributed by atoms with Crippen LogP contribution in [0, 0.1) is 46.8 Å². The number of nitrogens with zero attached hydrogens (tertiary/aromatic N) is 1. The van der Waals surface area contributed by atoms with Gasteiger partial charge in [0.2, 0.25) is 0 Å². The molecule has 30 heavy (non-hydrogen) atoms. The highest BCUT2D eigenvalue weighted by Gasteiger charge is 2.67. The van der Waals surface area contributed by atoms with Crippen LogP contribution in [0.25, 0.3) is 0 Å². The summed E-state index contributed by atoms with van der Waals surface area (Å²) < 4.78 is 0. The van der Waals surface area contributed by atoms with Crippen LogP contribution in [0.3, 0.4) is 0 Å². The van der Waals surface area contributed by atoms with Gasteiger partial charge in [-0.3, -0.25) is 4.90 Å². The molecular formula is C26H43NO3. The van der Waals surface area contributed by atoms with E-state index in [1.807, 2.05) is 0 Å². The molecule has 0 bridgehead atoms. The van der Waals surface area contributed by atoms with E-state index in [1.165, 1.54) is 38.8 Å². The van der Waals surface area contributed by atoms with Crippen molar-refractivity contribution in [3.63, 3.8) is 0 Å². The Morgan fingerprint density at radius 2 is 1.67 bits per heavy atom. The summed E-state index contributed by atoms with van der Waals surface area (Å²) in [7, 11) is 0. The molecule has 3 N–H and O–H groups in total. The largest absolute Gasteiger partial charge is 0.393 e. The van der Waals surface area contributed by atoms with Crippen LogP contribution in [-0.4, -0.2) is 57.2 Å². The van der Waals surface area contributed by atoms with Gasteiger partial charge in [-0.15, -0.1) is 0 Å². The Morgan fingerprint density at radius 1 is 0.833 bits per heavy atom. The summed E-state index contributed by atoms with van der Waals surface area (Å²) in [5, 5.41) is 33.7. The van der Waals surface area contributed by atoms with Gasteiger partial charge in [-0.1, -0.05) is 20.3 Å². The van der Waals surface area contributed by atoms with Crippen molar-refractivity contribution in [1.82, 2.24) is 4.90 Å². The topological polar surface area (TPSA) is 63.9 Å². The standard InChI is InChI=1S/C26H43NO3/c1-15-17-7-9-26(30)19(18(17)14-27-10-4-3-5-23(15)27)12-20-21(26)13-24(29)22-11-16(28)6-8-25(20,22)2/h15-24,28-30H,3-14H2,1-2H3/t15-,16?,17+,18+,19-,20-,21-,22+,23-,24?,25+,26-/m0/s1. The molecule has 0 aromatic carbocycles. The van der Waals surface area contributed by atoms with Crippen LogP contribution in [-0.2, 0) is 0 Å². The van der Waals surface area contributed by atoms with Gasteiger partial charge in [0.25, 0.3) is 0 Å². The molecule has 0 radical (unpaired) electrons. The number of hydrogen-bond donors (Lipinski definition) is 3. The minimum absolute atomic E-state index is 0.0814. The maximum Gasteiger partial charge on any atom is 0.0711 e. The molecule has 0 amide bonds. The average Bonchev–Trinajstić information content (AvgIpc) is 3.03. The summed E-state index contributed by atoms with van der Waals surface area (Å²) in [6.45, 7) is 7.36. The Morgan fingerprint density at radius 3 is 2.50 bits per heavy atom. The van der Waals surface area contributed by atoms with Crippen LogP contribution < -0.4 is 0 Å². The van der Waals surface area contributed by atoms with E-state index in [4.69, 9.17) is 0 Å². The zero-order valence-electron chi connectivity index (χ0n) is 19.0. The third kappa shape index (κ3) is 2.66. The summed E-state index contributed by atoms with van der Waals surface area (Å²) >= 11 is 0. The zero-order valence-corrected chi connectivity index (χ0v) is 19.0. The van der Waals surface area contributed by atoms with Gasteiger partial charge >= 0.3 is 0 Å². The summed E-state index contributed by atoms with van der Waals surface area (Å²) in [4.78, 5) is 2.79. The van der Waals surface area contributed by atoms with E-state index in [9.17, 15) is 15.3 Å². The molecule has 170 valence electrons. The number of fused-ring (bicyclic) bond motifs is 8. The molecule has 2 saturated heterocycles. The van der Waals surface area contributed by atoms with E-state index < -0.39 is 5.60 Å². The third-order valence-electron chi connectivity index (χ3n) is 11.8. The van der Waals surface area contributed by atoms with E-state index in [0.717, 1.165) is 56.4 Å². The van der Waals surface area contributed by atoms with Crippen LogP contribution in [0.15, 0.2) is 0 Å². The van der Waals surface area contributed by atoms with Gasteiger partial charge in [0, 0.05) is 12.6 Å². The maximum absolute atomic E-state index is 12.2. The molecule has 2 aliphatic heterocycles. The lowest BCUT2D eigenvalue weighted by molar-refractivity contribution is -0.175. The normalized spacial score (nSPS) is 60.7. The van der Waals surface area contributed by atoms with Crippen molar-refractivity contribution in [1.29, 1.82) is 0 Å². The molecule has 0 aromatic rings. The van der Waals surface area contributed by atoms with Gasteiger partial charge in [-0.2, -0.15) is 0 Å². The Kier molecular flexibility index (Phi) is 4.72. The minimum Gasteiger partial charge on any atom is -0.393 e. The fourth-order valence-corrected chi connectivity index (χ4v) is 10.3. The molecule has 2 heterocycles. The van der Waals surface area contributed by atoms with Gasteiger partial charge in [-0.25, -0.2) is 0 Å². The molecule has 0 spiro atoms. The SMILES string of the molecule is C[C@H]1[C@H]2CC[C@]3(O)[C@@H](C[C@H]4[C@@H]3CC(O)[C@H]3CC(O)CC[C@@]34C)[C@@H]2CN2CCCC[C@@H]12. The Balaban J connectivity index is 1.32. The molecule has 6 aliphatic rings. The number of hydrogen-bond acceptors (Lipinski definition) is 4. The van der Waals surface area contributed by atoms with Crippen molar-refractivity contribution < 1.29 is 15.3 Å². The van der Waals surface area contributed by atoms with E-state index in [1.54, 1.807) is 0 Å². The molecule has 4 heteroatoms. The fraction of sp³-hybridized carbons (Fsp3) is 1.00. The predicted octanol–water partition coefficient (Wildman–Crippen LogP) is 3.43. The van der Waals surface area contributed by atoms with Crippen LogP contribution in [0.4, 0.5) is 0 Å². The van der Waals surface area contributed by atoms with E-state index in [0.29, 0.717) is 17.8 Å². The third-order valence-corrected chi connectivity index (χ3v) is 11.8. The summed E-state index contributed by atoms with van der Waals surface area (Å²) in [5.41, 5.74) is -0.489. The second kappa shape index (κ2) is 6.92. The summed E-state index contributed by atoms with van der Waals surface area (Å²) in [5.74, 6) is 3.55. The number of piperidine rings is 2. The van der Waals surface area contributed by atoms with Crippen LogP contribution in [0.2, 0.25) is 0 Å². The molecule has 4 nitrogen and oxygen atoms in total. The fourth-order valence-electron chi connectivity index (χ4n) is 10.3. The first-order chi connectivity index (χ1) is 14.3. The second-order valence-electron chi connectivity index (χ2n) is 12.7. The molecule has 4 aliphatic carbocycles. The van der Waals surface area contributed by atoms with Gasteiger partial charge in [0.05, 0.1) is 17.8 Å². The minimum atomic E-state index is -0.570. The molecule has 0 aromatic heterocycles. The van der Waals surface area contributed by atoms with Crippen molar-refractivity contribution in [2.75, 3.05) is 13.1 Å². The maximum atomic E-state index is 12.2. The van der Waals surface area contributed by atoms with Crippen LogP contribution in [0.1, 0.15) is 78.1 Å². The van der Waals surface area contributed by atoms with Crippen LogP contribution in [0.5, 0.6) is 0 Å². The van der Waals surface area contributed by atoms with Gasteiger partial charge in [0.1, 0.15) is 0 Å². The first kappa shape index (κ1) is 20.4. The Bertz CT molecular complexity index is 685. The lowest BCUT2D eigenvalue weighted by atomic mass is 9.50. The first-order valence-corrected chi connectivity index (χ1v) is 13.2. The molecule has 6 fully saturated rings. The van der Waals surface area contributed by atoms with E-state index >= 15 is 0 Å². The quantitative estimate of drug-likeness (QED) is 0.565. The summed E-state index contributed by atoms with van der Waals surface area (Å²) in [6, 6.07) is 0.776. The molecule has 12 atom stereocenters. The van der Waals surface area contributed by atoms with Crippen molar-refractivity contribution in [2.24, 2.45) is 46.8 Å². The van der Waals surface area contributed by atoms with Gasteiger partial charge < -0.3 is 15.3 Å². The van der Waals surface area contributed by atoms with Crippen molar-refractivity contribution in [3.8, 4) is 0 Å². The Hall–Kier alpha value is -0.160. The van der Waals surface area contributed by atoms with Crippen LogP contribution >= 0.6 is 0 Å². The summed E-state index contributed by atoms with van der Waals surface area (Å²) in [6.07, 6.45) is 10.2.